The molecule has 4 heteroatoms. The largest absolute Gasteiger partial charge is 0.493 e. The summed E-state index contributed by atoms with van der Waals surface area (Å²) in [5.74, 6) is 1.80. The van der Waals surface area contributed by atoms with E-state index in [-0.39, 0.29) is 0 Å². The Hall–Kier alpha value is -2.23. The van der Waals surface area contributed by atoms with Crippen molar-refractivity contribution >= 4 is 5.69 Å². The van der Waals surface area contributed by atoms with Gasteiger partial charge in [0.15, 0.2) is 11.5 Å². The van der Waals surface area contributed by atoms with Crippen LogP contribution in [0.4, 0.5) is 5.69 Å². The first-order valence-electron chi connectivity index (χ1n) is 5.24. The van der Waals surface area contributed by atoms with Gasteiger partial charge in [0.2, 0.25) is 5.88 Å². The molecule has 0 spiro atoms. The lowest BCUT2D eigenvalue weighted by Crippen LogP contribution is -1.96. The minimum absolute atomic E-state index is 0.501. The fourth-order valence-electron chi connectivity index (χ4n) is 1.42. The second-order valence-corrected chi connectivity index (χ2v) is 3.58. The van der Waals surface area contributed by atoms with Crippen molar-refractivity contribution in [3.63, 3.8) is 0 Å². The molecular weight excluding hydrogens is 216 g/mol. The predicted octanol–water partition coefficient (Wildman–Crippen LogP) is 2.77. The molecule has 4 nitrogen and oxygen atoms in total. The van der Waals surface area contributed by atoms with Crippen LogP contribution in [0.3, 0.4) is 0 Å². The van der Waals surface area contributed by atoms with E-state index in [0.717, 1.165) is 5.69 Å². The van der Waals surface area contributed by atoms with Gasteiger partial charge in [-0.25, -0.2) is 4.98 Å². The zero-order chi connectivity index (χ0) is 12.3. The Morgan fingerprint density at radius 2 is 1.76 bits per heavy atom. The number of methoxy groups -OCH3 is 1. The van der Waals surface area contributed by atoms with Gasteiger partial charge in [-0.1, -0.05) is 12.1 Å². The summed E-state index contributed by atoms with van der Waals surface area (Å²) in [6.45, 7) is 1.84. The second kappa shape index (κ2) is 4.74. The Labute approximate surface area is 100 Å². The number of hydrogen-bond donors (Lipinski definition) is 1. The van der Waals surface area contributed by atoms with E-state index in [4.69, 9.17) is 15.2 Å². The van der Waals surface area contributed by atoms with Gasteiger partial charge in [-0.3, -0.25) is 0 Å². The average Bonchev–Trinajstić information content (AvgIpc) is 2.34. The number of nitrogens with two attached hydrogens (primary N) is 1. The molecule has 17 heavy (non-hydrogen) atoms. The van der Waals surface area contributed by atoms with Gasteiger partial charge in [0.25, 0.3) is 0 Å². The number of nitrogens with zero attached hydrogens (tertiary/aromatic N) is 1. The van der Waals surface area contributed by atoms with Gasteiger partial charge in [-0.2, -0.15) is 0 Å². The van der Waals surface area contributed by atoms with Crippen molar-refractivity contribution in [3.8, 4) is 17.4 Å². The molecule has 0 fully saturated rings. The summed E-state index contributed by atoms with van der Waals surface area (Å²) in [4.78, 5) is 4.24. The van der Waals surface area contributed by atoms with Gasteiger partial charge in [0, 0.05) is 6.07 Å². The summed E-state index contributed by atoms with van der Waals surface area (Å²) >= 11 is 0. The van der Waals surface area contributed by atoms with Crippen molar-refractivity contribution in [1.29, 1.82) is 0 Å². The van der Waals surface area contributed by atoms with Crippen LogP contribution in [0.25, 0.3) is 0 Å². The monoisotopic (exact) mass is 230 g/mol. The quantitative estimate of drug-likeness (QED) is 0.880. The molecule has 0 aliphatic heterocycles. The summed E-state index contributed by atoms with van der Waals surface area (Å²) in [5, 5.41) is 0. The summed E-state index contributed by atoms with van der Waals surface area (Å²) in [6, 6.07) is 10.9. The fraction of sp³-hybridized carbons (Fsp3) is 0.154. The van der Waals surface area contributed by atoms with Gasteiger partial charge >= 0.3 is 0 Å². The zero-order valence-corrected chi connectivity index (χ0v) is 9.81. The number of benzene rings is 1. The van der Waals surface area contributed by atoms with Gasteiger partial charge in [0.05, 0.1) is 18.5 Å². The standard InChI is InChI=1S/C13H14N2O2/c1-9-10(14)7-8-13(15-9)17-12-6-4-3-5-11(12)16-2/h3-8H,14H2,1-2H3. The van der Waals surface area contributed by atoms with Crippen LogP contribution in [0.5, 0.6) is 17.4 Å². The number of aryl methyl sites for hydroxylation is 1. The Bertz CT molecular complexity index is 527. The van der Waals surface area contributed by atoms with E-state index < -0.39 is 0 Å². The highest BCUT2D eigenvalue weighted by molar-refractivity contribution is 5.46. The van der Waals surface area contributed by atoms with Crippen molar-refractivity contribution < 1.29 is 9.47 Å². The Morgan fingerprint density at radius 1 is 1.06 bits per heavy atom. The van der Waals surface area contributed by atoms with E-state index in [1.54, 1.807) is 19.2 Å². The number of para-hydroxylation sites is 2. The molecule has 0 saturated heterocycles. The molecule has 1 aromatic carbocycles. The Morgan fingerprint density at radius 3 is 2.41 bits per heavy atom. The molecule has 2 rings (SSSR count). The molecule has 1 heterocycles. The van der Waals surface area contributed by atoms with Crippen LogP contribution in [0.15, 0.2) is 36.4 Å². The minimum Gasteiger partial charge on any atom is -0.493 e. The summed E-state index contributed by atoms with van der Waals surface area (Å²) in [5.41, 5.74) is 7.09. The summed E-state index contributed by atoms with van der Waals surface area (Å²) < 4.78 is 10.8. The Kier molecular flexibility index (Phi) is 3.14. The molecule has 2 aromatic rings. The third kappa shape index (κ3) is 2.47. The number of rotatable bonds is 3. The number of aromatic nitrogens is 1. The van der Waals surface area contributed by atoms with Crippen LogP contribution < -0.4 is 15.2 Å². The van der Waals surface area contributed by atoms with Crippen LogP contribution in [-0.2, 0) is 0 Å². The Balaban J connectivity index is 2.28. The van der Waals surface area contributed by atoms with Crippen molar-refractivity contribution in [1.82, 2.24) is 4.98 Å². The highest BCUT2D eigenvalue weighted by Gasteiger charge is 2.06. The zero-order valence-electron chi connectivity index (χ0n) is 9.81. The highest BCUT2D eigenvalue weighted by Crippen LogP contribution is 2.30. The maximum atomic E-state index is 5.70. The van der Waals surface area contributed by atoms with E-state index >= 15 is 0 Å². The first kappa shape index (κ1) is 11.3. The van der Waals surface area contributed by atoms with Gasteiger partial charge in [-0.05, 0) is 25.1 Å². The average molecular weight is 230 g/mol. The van der Waals surface area contributed by atoms with Crippen LogP contribution in [-0.4, -0.2) is 12.1 Å². The number of ether oxygens (including phenoxy) is 2. The second-order valence-electron chi connectivity index (χ2n) is 3.58. The van der Waals surface area contributed by atoms with E-state index in [9.17, 15) is 0 Å². The lowest BCUT2D eigenvalue weighted by Gasteiger charge is -2.09. The fourth-order valence-corrected chi connectivity index (χ4v) is 1.42. The van der Waals surface area contributed by atoms with Gasteiger partial charge in [-0.15, -0.1) is 0 Å². The van der Waals surface area contributed by atoms with E-state index in [0.29, 0.717) is 23.1 Å². The number of anilines is 1. The molecule has 2 N–H and O–H groups in total. The molecule has 1 aromatic heterocycles. The predicted molar refractivity (Wildman–Crippen MR) is 66.5 cm³/mol. The molecule has 0 unspecified atom stereocenters. The molecular formula is C13H14N2O2. The first-order chi connectivity index (χ1) is 8.20. The van der Waals surface area contributed by atoms with Gasteiger partial charge < -0.3 is 15.2 Å². The van der Waals surface area contributed by atoms with E-state index in [1.165, 1.54) is 0 Å². The maximum Gasteiger partial charge on any atom is 0.219 e. The molecule has 0 radical (unpaired) electrons. The number of nitrogen functional groups attached to an aromatic ring is 1. The van der Waals surface area contributed by atoms with Crippen molar-refractivity contribution in [3.05, 3.63) is 42.1 Å². The topological polar surface area (TPSA) is 57.4 Å². The third-order valence-electron chi connectivity index (χ3n) is 2.38. The highest BCUT2D eigenvalue weighted by atomic mass is 16.5. The van der Waals surface area contributed by atoms with Crippen LogP contribution in [0, 0.1) is 6.92 Å². The molecule has 0 bridgehead atoms. The molecule has 0 aliphatic rings. The third-order valence-corrected chi connectivity index (χ3v) is 2.38. The first-order valence-corrected chi connectivity index (χ1v) is 5.24. The van der Waals surface area contributed by atoms with Gasteiger partial charge in [0.1, 0.15) is 0 Å². The normalized spacial score (nSPS) is 10.0. The minimum atomic E-state index is 0.501. The van der Waals surface area contributed by atoms with Crippen LogP contribution in [0.1, 0.15) is 5.69 Å². The van der Waals surface area contributed by atoms with Crippen LogP contribution in [0.2, 0.25) is 0 Å². The van der Waals surface area contributed by atoms with Crippen molar-refractivity contribution in [2.45, 2.75) is 6.92 Å². The van der Waals surface area contributed by atoms with Crippen molar-refractivity contribution in [2.75, 3.05) is 12.8 Å². The lowest BCUT2D eigenvalue weighted by molar-refractivity contribution is 0.374. The SMILES string of the molecule is COc1ccccc1Oc1ccc(N)c(C)n1. The molecule has 88 valence electrons. The van der Waals surface area contributed by atoms with E-state index in [1.807, 2.05) is 31.2 Å². The van der Waals surface area contributed by atoms with Crippen LogP contribution >= 0.6 is 0 Å². The molecule has 0 saturated carbocycles. The summed E-state index contributed by atoms with van der Waals surface area (Å²) in [6.07, 6.45) is 0. The maximum absolute atomic E-state index is 5.70. The smallest absolute Gasteiger partial charge is 0.219 e. The molecule has 0 aliphatic carbocycles. The van der Waals surface area contributed by atoms with Crippen molar-refractivity contribution in [2.24, 2.45) is 0 Å². The molecule has 0 amide bonds. The molecule has 0 atom stereocenters. The number of pyridine rings is 1. The lowest BCUT2D eigenvalue weighted by atomic mass is 10.3. The number of hydrogen-bond acceptors (Lipinski definition) is 4. The summed E-state index contributed by atoms with van der Waals surface area (Å²) in [7, 11) is 1.60. The van der Waals surface area contributed by atoms with E-state index in [2.05, 4.69) is 4.98 Å².